The Morgan fingerprint density at radius 2 is 0.718 bits per heavy atom. The smallest absolute Gasteiger partial charge is 0.321 e. The summed E-state index contributed by atoms with van der Waals surface area (Å²) < 4.78 is 0. The van der Waals surface area contributed by atoms with E-state index in [9.17, 15) is 49.5 Å². The third-order valence-corrected chi connectivity index (χ3v) is 7.51. The lowest BCUT2D eigenvalue weighted by Crippen LogP contribution is -2.55. The van der Waals surface area contributed by atoms with Crippen molar-refractivity contribution in [2.24, 2.45) is 17.8 Å². The van der Waals surface area contributed by atoms with Crippen molar-refractivity contribution in [1.29, 1.82) is 0 Å². The van der Waals surface area contributed by atoms with Crippen molar-refractivity contribution in [3.05, 3.63) is 0 Å². The molecule has 13 heteroatoms. The average Bonchev–Trinajstić information content (AvgIpc) is 2.83. The second kappa shape index (κ2) is 17.7. The van der Waals surface area contributed by atoms with Crippen molar-refractivity contribution < 1.29 is 49.5 Å². The maximum Gasteiger partial charge on any atom is 0.321 e. The first kappa shape index (κ1) is 36.2. The van der Waals surface area contributed by atoms with Gasteiger partial charge in [0, 0.05) is 26.2 Å². The highest BCUT2D eigenvalue weighted by Crippen LogP contribution is 2.20. The number of nitrogens with zero attached hydrogens (tertiary/aromatic N) is 3. The molecule has 0 fully saturated rings. The van der Waals surface area contributed by atoms with Crippen molar-refractivity contribution in [3.8, 4) is 0 Å². The van der Waals surface area contributed by atoms with Crippen molar-refractivity contribution in [2.75, 3.05) is 39.3 Å². The highest BCUT2D eigenvalue weighted by molar-refractivity contribution is 5.77. The molecule has 226 valence electrons. The number of hydrogen-bond donors (Lipinski definition) is 5. The number of carboxylic acid groups (broad SMARTS) is 5. The fraction of sp³-hybridized carbons (Fsp3) is 0.808. The zero-order valence-corrected chi connectivity index (χ0v) is 23.9. The number of hydrogen-bond acceptors (Lipinski definition) is 8. The summed E-state index contributed by atoms with van der Waals surface area (Å²) in [6, 6.07) is -3.25. The van der Waals surface area contributed by atoms with E-state index in [0.717, 1.165) is 0 Å². The van der Waals surface area contributed by atoms with E-state index in [-0.39, 0.29) is 43.9 Å². The van der Waals surface area contributed by atoms with Gasteiger partial charge in [-0.2, -0.15) is 0 Å². The van der Waals surface area contributed by atoms with Crippen LogP contribution < -0.4 is 0 Å². The maximum absolute atomic E-state index is 12.3. The predicted molar refractivity (Wildman–Crippen MR) is 143 cm³/mol. The Morgan fingerprint density at radius 3 is 0.923 bits per heavy atom. The molecule has 0 saturated carbocycles. The van der Waals surface area contributed by atoms with Gasteiger partial charge in [0.15, 0.2) is 0 Å². The van der Waals surface area contributed by atoms with E-state index in [1.165, 1.54) is 9.80 Å². The van der Waals surface area contributed by atoms with Crippen LogP contribution in [0.2, 0.25) is 0 Å². The molecule has 0 amide bonds. The van der Waals surface area contributed by atoms with Gasteiger partial charge in [-0.05, 0) is 17.8 Å². The highest BCUT2D eigenvalue weighted by atomic mass is 16.4. The van der Waals surface area contributed by atoms with Crippen molar-refractivity contribution in [1.82, 2.24) is 14.7 Å². The second-order valence-electron chi connectivity index (χ2n) is 10.3. The molecule has 0 radical (unpaired) electrons. The molecule has 0 aliphatic carbocycles. The van der Waals surface area contributed by atoms with Crippen molar-refractivity contribution >= 4 is 29.8 Å². The first-order valence-electron chi connectivity index (χ1n) is 13.5. The van der Waals surface area contributed by atoms with Crippen LogP contribution in [0.4, 0.5) is 0 Å². The summed E-state index contributed by atoms with van der Waals surface area (Å²) in [7, 11) is 0. The van der Waals surface area contributed by atoms with Crippen molar-refractivity contribution in [2.45, 2.75) is 78.9 Å². The molecule has 6 atom stereocenters. The second-order valence-corrected chi connectivity index (χ2v) is 10.3. The molecule has 6 unspecified atom stereocenters. The summed E-state index contributed by atoms with van der Waals surface area (Å²) >= 11 is 0. The summed E-state index contributed by atoms with van der Waals surface area (Å²) in [5, 5.41) is 48.6. The summed E-state index contributed by atoms with van der Waals surface area (Å²) in [5.74, 6) is -7.04. The topological polar surface area (TPSA) is 196 Å². The van der Waals surface area contributed by atoms with E-state index in [4.69, 9.17) is 0 Å². The van der Waals surface area contributed by atoms with Crippen LogP contribution in [0.25, 0.3) is 0 Å². The minimum Gasteiger partial charge on any atom is -0.480 e. The normalized spacial score (nSPS) is 16.4. The molecule has 0 aromatic rings. The van der Waals surface area contributed by atoms with Gasteiger partial charge in [-0.3, -0.25) is 38.7 Å². The molecule has 39 heavy (non-hydrogen) atoms. The molecular weight excluding hydrogens is 514 g/mol. The molecule has 5 N–H and O–H groups in total. The van der Waals surface area contributed by atoms with Crippen LogP contribution in [0.5, 0.6) is 0 Å². The van der Waals surface area contributed by atoms with Crippen LogP contribution in [-0.4, -0.2) is 127 Å². The Labute approximate surface area is 230 Å². The van der Waals surface area contributed by atoms with Gasteiger partial charge >= 0.3 is 29.8 Å². The van der Waals surface area contributed by atoms with Gasteiger partial charge in [-0.25, -0.2) is 0 Å². The largest absolute Gasteiger partial charge is 0.480 e. The molecule has 0 saturated heterocycles. The highest BCUT2D eigenvalue weighted by Gasteiger charge is 2.36. The van der Waals surface area contributed by atoms with Gasteiger partial charge in [-0.15, -0.1) is 0 Å². The average molecular weight is 562 g/mol. The van der Waals surface area contributed by atoms with E-state index in [1.807, 2.05) is 6.92 Å². The van der Waals surface area contributed by atoms with Crippen LogP contribution in [0.15, 0.2) is 0 Å². The zero-order chi connectivity index (χ0) is 30.4. The number of rotatable bonds is 22. The fourth-order valence-corrected chi connectivity index (χ4v) is 4.83. The minimum absolute atomic E-state index is 0.0171. The zero-order valence-electron chi connectivity index (χ0n) is 23.9. The molecule has 0 aromatic heterocycles. The molecule has 0 aliphatic heterocycles. The molecule has 0 spiro atoms. The summed E-state index contributed by atoms with van der Waals surface area (Å²) in [6.45, 7) is 9.27. The van der Waals surface area contributed by atoms with Crippen LogP contribution in [-0.2, 0) is 24.0 Å². The molecule has 0 aromatic carbocycles. The van der Waals surface area contributed by atoms with Gasteiger partial charge < -0.3 is 25.5 Å². The lowest BCUT2D eigenvalue weighted by Gasteiger charge is -2.38. The number of aliphatic carboxylic acids is 5. The molecule has 13 nitrogen and oxygen atoms in total. The summed E-state index contributed by atoms with van der Waals surface area (Å²) in [5.41, 5.74) is 0. The van der Waals surface area contributed by atoms with Crippen molar-refractivity contribution in [3.63, 3.8) is 0 Å². The predicted octanol–water partition coefficient (Wildman–Crippen LogP) is 1.56. The van der Waals surface area contributed by atoms with Gasteiger partial charge in [0.25, 0.3) is 0 Å². The third kappa shape index (κ3) is 11.9. The SMILES string of the molecule is CCC(C)C(C(=O)O)N(CCN(CC(=O)O)C(C(=O)O)C(C)CC)CCN(CC(=O)O)C(C(=O)O)C(C)CC. The van der Waals surface area contributed by atoms with Gasteiger partial charge in [0.05, 0.1) is 13.1 Å². The molecule has 0 bridgehead atoms. The Bertz CT molecular complexity index is 772. The lowest BCUT2D eigenvalue weighted by atomic mass is 9.96. The van der Waals surface area contributed by atoms with E-state index < -0.39 is 61.1 Å². The Hall–Kier alpha value is -2.77. The monoisotopic (exact) mass is 561 g/mol. The van der Waals surface area contributed by atoms with Crippen LogP contribution in [0.1, 0.15) is 60.8 Å². The van der Waals surface area contributed by atoms with E-state index >= 15 is 0 Å². The molecular formula is C26H47N3O10. The first-order valence-corrected chi connectivity index (χ1v) is 13.5. The molecule has 0 aliphatic rings. The summed E-state index contributed by atoms with van der Waals surface area (Å²) in [4.78, 5) is 63.8. The standard InChI is InChI=1S/C26H47N3O10/c1-7-16(4)21(24(34)35)27(10-12-28(14-19(30)31)22(25(36)37)17(5)8-2)11-13-29(15-20(32)33)23(26(38)39)18(6)9-3/h16-18,21-23H,7-15H2,1-6H3,(H,30,31)(H,32,33)(H,34,35)(H,36,37)(H,38,39). The fourth-order valence-electron chi connectivity index (χ4n) is 4.83. The van der Waals surface area contributed by atoms with Gasteiger partial charge in [0.1, 0.15) is 18.1 Å². The maximum atomic E-state index is 12.3. The van der Waals surface area contributed by atoms with Crippen LogP contribution in [0.3, 0.4) is 0 Å². The van der Waals surface area contributed by atoms with E-state index in [1.54, 1.807) is 39.5 Å². The van der Waals surface area contributed by atoms with E-state index in [0.29, 0.717) is 19.3 Å². The first-order chi connectivity index (χ1) is 18.1. The third-order valence-electron chi connectivity index (χ3n) is 7.51. The Kier molecular flexibility index (Phi) is 16.5. The number of carbonyl (C=O) groups is 5. The molecule has 0 rings (SSSR count). The summed E-state index contributed by atoms with van der Waals surface area (Å²) in [6.07, 6.45) is 1.47. The Morgan fingerprint density at radius 1 is 0.487 bits per heavy atom. The van der Waals surface area contributed by atoms with Crippen LogP contribution in [0, 0.1) is 17.8 Å². The van der Waals surface area contributed by atoms with Gasteiger partial charge in [-0.1, -0.05) is 60.8 Å². The Balaban J connectivity index is 6.32. The van der Waals surface area contributed by atoms with E-state index in [2.05, 4.69) is 0 Å². The quantitative estimate of drug-likeness (QED) is 0.128. The molecule has 0 heterocycles. The number of carboxylic acids is 5. The van der Waals surface area contributed by atoms with Gasteiger partial charge in [0.2, 0.25) is 0 Å². The van der Waals surface area contributed by atoms with Crippen LogP contribution >= 0.6 is 0 Å². The lowest BCUT2D eigenvalue weighted by molar-refractivity contribution is -0.151. The minimum atomic E-state index is -1.22.